The highest BCUT2D eigenvalue weighted by Gasteiger charge is 2.10. The molecule has 122 valence electrons. The summed E-state index contributed by atoms with van der Waals surface area (Å²) in [5.74, 6) is 1.33. The molecule has 0 bridgehead atoms. The molecule has 0 saturated carbocycles. The predicted molar refractivity (Wildman–Crippen MR) is 104 cm³/mol. The zero-order valence-electron chi connectivity index (χ0n) is 14.0. The molecular weight excluding hydrogens is 395 g/mol. The third kappa shape index (κ3) is 8.60. The summed E-state index contributed by atoms with van der Waals surface area (Å²) in [6.07, 6.45) is 1.11. The molecule has 1 aromatic heterocycles. The van der Waals surface area contributed by atoms with E-state index in [-0.39, 0.29) is 24.0 Å². The van der Waals surface area contributed by atoms with Crippen molar-refractivity contribution in [3.05, 3.63) is 16.1 Å². The van der Waals surface area contributed by atoms with Crippen LogP contribution in [0.4, 0.5) is 0 Å². The average molecular weight is 424 g/mol. The minimum atomic E-state index is 0. The van der Waals surface area contributed by atoms with Gasteiger partial charge in [-0.2, -0.15) is 0 Å². The summed E-state index contributed by atoms with van der Waals surface area (Å²) >= 11 is 1.70. The Labute approximate surface area is 150 Å². The van der Waals surface area contributed by atoms with Crippen LogP contribution in [0, 0.1) is 5.41 Å². The molecule has 0 aliphatic heterocycles. The van der Waals surface area contributed by atoms with Crippen molar-refractivity contribution in [2.75, 3.05) is 13.6 Å². The molecule has 1 aromatic rings. The molecule has 6 heteroatoms. The molecule has 0 spiro atoms. The summed E-state index contributed by atoms with van der Waals surface area (Å²) in [6.45, 7) is 12.7. The van der Waals surface area contributed by atoms with Gasteiger partial charge in [0.15, 0.2) is 5.96 Å². The molecule has 21 heavy (non-hydrogen) atoms. The highest BCUT2D eigenvalue weighted by molar-refractivity contribution is 14.0. The fourth-order valence-corrected chi connectivity index (χ4v) is 2.50. The van der Waals surface area contributed by atoms with Crippen LogP contribution in [0.25, 0.3) is 0 Å². The van der Waals surface area contributed by atoms with Gasteiger partial charge in [-0.3, -0.25) is 4.99 Å². The maximum absolute atomic E-state index is 4.61. The molecule has 0 aromatic carbocycles. The first-order valence-electron chi connectivity index (χ1n) is 7.20. The van der Waals surface area contributed by atoms with Crippen molar-refractivity contribution >= 4 is 41.3 Å². The minimum absolute atomic E-state index is 0. The molecule has 0 aliphatic rings. The van der Waals surface area contributed by atoms with Crippen molar-refractivity contribution in [2.24, 2.45) is 10.4 Å². The van der Waals surface area contributed by atoms with Gasteiger partial charge in [-0.25, -0.2) is 4.98 Å². The molecule has 4 nitrogen and oxygen atoms in total. The van der Waals surface area contributed by atoms with Gasteiger partial charge in [-0.15, -0.1) is 35.3 Å². The molecule has 0 radical (unpaired) electrons. The fraction of sp³-hybridized carbons (Fsp3) is 0.733. The predicted octanol–water partition coefficient (Wildman–Crippen LogP) is 3.99. The zero-order valence-corrected chi connectivity index (χ0v) is 17.1. The number of halogens is 1. The number of rotatable bonds is 5. The molecule has 1 rings (SSSR count). The number of hydrogen-bond acceptors (Lipinski definition) is 3. The highest BCUT2D eigenvalue weighted by atomic mass is 127. The van der Waals surface area contributed by atoms with E-state index in [4.69, 9.17) is 0 Å². The molecule has 0 amide bonds. The Hall–Kier alpha value is -0.370. The third-order valence-corrected chi connectivity index (χ3v) is 3.83. The van der Waals surface area contributed by atoms with Crippen LogP contribution < -0.4 is 10.6 Å². The van der Waals surface area contributed by atoms with E-state index in [0.29, 0.717) is 11.3 Å². The normalized spacial score (nSPS) is 12.2. The van der Waals surface area contributed by atoms with Gasteiger partial charge in [-0.05, 0) is 17.8 Å². The maximum atomic E-state index is 4.61. The van der Waals surface area contributed by atoms with Crippen LogP contribution in [0.2, 0.25) is 0 Å². The standard InChI is InChI=1S/C15H28N4S.HI/c1-11(2)12-10-20-13(19-12)9-18-14(16-6)17-8-7-15(3,4)5;/h10-11H,7-9H2,1-6H3,(H2,16,17,18);1H. The van der Waals surface area contributed by atoms with Crippen LogP contribution in [0.3, 0.4) is 0 Å². The fourth-order valence-electron chi connectivity index (χ4n) is 1.61. The lowest BCUT2D eigenvalue weighted by Gasteiger charge is -2.19. The molecule has 0 aliphatic carbocycles. The van der Waals surface area contributed by atoms with E-state index in [2.05, 4.69) is 60.6 Å². The van der Waals surface area contributed by atoms with Gasteiger partial charge >= 0.3 is 0 Å². The molecule has 0 saturated heterocycles. The van der Waals surface area contributed by atoms with Crippen LogP contribution >= 0.6 is 35.3 Å². The van der Waals surface area contributed by atoms with Crippen LogP contribution in [-0.4, -0.2) is 24.5 Å². The zero-order chi connectivity index (χ0) is 15.2. The lowest BCUT2D eigenvalue weighted by molar-refractivity contribution is 0.377. The Kier molecular flexibility index (Phi) is 9.44. The summed E-state index contributed by atoms with van der Waals surface area (Å²) in [5, 5.41) is 9.89. The van der Waals surface area contributed by atoms with Gasteiger partial charge in [-0.1, -0.05) is 34.6 Å². The van der Waals surface area contributed by atoms with Crippen molar-refractivity contribution in [3.8, 4) is 0 Å². The van der Waals surface area contributed by atoms with Gasteiger partial charge in [0.2, 0.25) is 0 Å². The lowest BCUT2D eigenvalue weighted by Crippen LogP contribution is -2.38. The van der Waals surface area contributed by atoms with Gasteiger partial charge in [0.05, 0.1) is 12.2 Å². The van der Waals surface area contributed by atoms with E-state index in [1.165, 1.54) is 5.69 Å². The first kappa shape index (κ1) is 20.6. The number of aromatic nitrogens is 1. The van der Waals surface area contributed by atoms with E-state index in [1.807, 2.05) is 0 Å². The number of thiazole rings is 1. The van der Waals surface area contributed by atoms with Crippen molar-refractivity contribution in [2.45, 2.75) is 53.5 Å². The highest BCUT2D eigenvalue weighted by Crippen LogP contribution is 2.18. The topological polar surface area (TPSA) is 49.3 Å². The Morgan fingerprint density at radius 3 is 2.48 bits per heavy atom. The molecule has 0 atom stereocenters. The van der Waals surface area contributed by atoms with Gasteiger partial charge in [0.1, 0.15) is 5.01 Å². The number of aliphatic imine (C=N–C) groups is 1. The monoisotopic (exact) mass is 424 g/mol. The Morgan fingerprint density at radius 2 is 2.00 bits per heavy atom. The van der Waals surface area contributed by atoms with E-state index in [9.17, 15) is 0 Å². The molecular formula is C15H29IN4S. The molecule has 1 heterocycles. The first-order valence-corrected chi connectivity index (χ1v) is 8.08. The van der Waals surface area contributed by atoms with Gasteiger partial charge in [0.25, 0.3) is 0 Å². The number of guanidine groups is 1. The molecule has 0 unspecified atom stereocenters. The summed E-state index contributed by atoms with van der Waals surface area (Å²) in [4.78, 5) is 8.84. The number of nitrogens with zero attached hydrogens (tertiary/aromatic N) is 2. The van der Waals surface area contributed by atoms with Crippen molar-refractivity contribution in [1.82, 2.24) is 15.6 Å². The summed E-state index contributed by atoms with van der Waals surface area (Å²) in [7, 11) is 1.80. The van der Waals surface area contributed by atoms with E-state index in [1.54, 1.807) is 18.4 Å². The smallest absolute Gasteiger partial charge is 0.191 e. The van der Waals surface area contributed by atoms with Crippen LogP contribution in [0.5, 0.6) is 0 Å². The van der Waals surface area contributed by atoms with Crippen LogP contribution in [0.15, 0.2) is 10.4 Å². The van der Waals surface area contributed by atoms with E-state index in [0.717, 1.165) is 30.5 Å². The summed E-state index contributed by atoms with van der Waals surface area (Å²) in [5.41, 5.74) is 1.51. The van der Waals surface area contributed by atoms with Crippen LogP contribution in [-0.2, 0) is 6.54 Å². The van der Waals surface area contributed by atoms with Crippen molar-refractivity contribution in [3.63, 3.8) is 0 Å². The Bertz CT molecular complexity index is 435. The molecule has 2 N–H and O–H groups in total. The lowest BCUT2D eigenvalue weighted by atomic mass is 9.92. The molecule has 0 fully saturated rings. The SMILES string of the molecule is CN=C(NCCC(C)(C)C)NCc1nc(C(C)C)cs1.I. The van der Waals surface area contributed by atoms with Gasteiger partial charge in [0, 0.05) is 19.0 Å². The third-order valence-electron chi connectivity index (χ3n) is 2.96. The largest absolute Gasteiger partial charge is 0.356 e. The van der Waals surface area contributed by atoms with Gasteiger partial charge < -0.3 is 10.6 Å². The van der Waals surface area contributed by atoms with E-state index >= 15 is 0 Å². The maximum Gasteiger partial charge on any atom is 0.191 e. The number of hydrogen-bond donors (Lipinski definition) is 2. The minimum Gasteiger partial charge on any atom is -0.356 e. The Morgan fingerprint density at radius 1 is 1.33 bits per heavy atom. The van der Waals surface area contributed by atoms with Crippen molar-refractivity contribution < 1.29 is 0 Å². The van der Waals surface area contributed by atoms with E-state index < -0.39 is 0 Å². The second-order valence-corrected chi connectivity index (χ2v) is 7.43. The Balaban J connectivity index is 0.00000400. The number of nitrogens with one attached hydrogen (secondary N) is 2. The van der Waals surface area contributed by atoms with Crippen LogP contribution in [0.1, 0.15) is 57.7 Å². The summed E-state index contributed by atoms with van der Waals surface area (Å²) < 4.78 is 0. The quantitative estimate of drug-likeness (QED) is 0.427. The second kappa shape index (κ2) is 9.61. The average Bonchev–Trinajstić information content (AvgIpc) is 2.81. The second-order valence-electron chi connectivity index (χ2n) is 6.48. The summed E-state index contributed by atoms with van der Waals surface area (Å²) in [6, 6.07) is 0. The van der Waals surface area contributed by atoms with Crippen molar-refractivity contribution in [1.29, 1.82) is 0 Å². The first-order chi connectivity index (χ1) is 9.31.